The predicted molar refractivity (Wildman–Crippen MR) is 69.5 cm³/mol. The van der Waals surface area contributed by atoms with Crippen molar-refractivity contribution in [2.45, 2.75) is 38.3 Å². The molecule has 1 aliphatic heterocycles. The minimum absolute atomic E-state index is 0.0423. The van der Waals surface area contributed by atoms with Crippen molar-refractivity contribution in [2.24, 2.45) is 0 Å². The molecule has 0 amide bonds. The molecule has 0 saturated carbocycles. The molecule has 0 radical (unpaired) electrons. The maximum atomic E-state index is 12.4. The lowest BCUT2D eigenvalue weighted by atomic mass is 10.1. The fourth-order valence-electron chi connectivity index (χ4n) is 2.11. The topological polar surface area (TPSA) is 46.2 Å². The molecule has 4 nitrogen and oxygen atoms in total. The van der Waals surface area contributed by atoms with Gasteiger partial charge < -0.3 is 15.4 Å². The summed E-state index contributed by atoms with van der Waals surface area (Å²) in [4.78, 5) is 3.77. The highest BCUT2D eigenvalue weighted by atomic mass is 19.4. The van der Waals surface area contributed by atoms with Crippen molar-refractivity contribution in [3.05, 3.63) is 23.9 Å². The zero-order valence-electron chi connectivity index (χ0n) is 11.4. The average molecular weight is 289 g/mol. The van der Waals surface area contributed by atoms with Crippen LogP contribution in [0, 0.1) is 0 Å². The summed E-state index contributed by atoms with van der Waals surface area (Å²) < 4.78 is 42.9. The summed E-state index contributed by atoms with van der Waals surface area (Å²) in [6.45, 7) is 5.27. The first kappa shape index (κ1) is 15.1. The second-order valence-electron chi connectivity index (χ2n) is 4.98. The van der Waals surface area contributed by atoms with Crippen LogP contribution in [0.5, 0.6) is 0 Å². The molecule has 0 unspecified atom stereocenters. The van der Waals surface area contributed by atoms with Gasteiger partial charge in [0, 0.05) is 19.3 Å². The molecule has 3 atom stereocenters. The van der Waals surface area contributed by atoms with E-state index in [2.05, 4.69) is 15.6 Å². The Morgan fingerprint density at radius 1 is 1.40 bits per heavy atom. The van der Waals surface area contributed by atoms with Crippen LogP contribution >= 0.6 is 0 Å². The molecule has 7 heteroatoms. The van der Waals surface area contributed by atoms with Crippen molar-refractivity contribution >= 4 is 5.82 Å². The van der Waals surface area contributed by atoms with Gasteiger partial charge in [-0.1, -0.05) is 0 Å². The average Bonchev–Trinajstić information content (AvgIpc) is 2.37. The summed E-state index contributed by atoms with van der Waals surface area (Å²) in [6, 6.07) is 2.46. The summed E-state index contributed by atoms with van der Waals surface area (Å²) in [6.07, 6.45) is -3.31. The Kier molecular flexibility index (Phi) is 4.49. The van der Waals surface area contributed by atoms with Crippen molar-refractivity contribution in [3.8, 4) is 0 Å². The van der Waals surface area contributed by atoms with Crippen LogP contribution in [-0.4, -0.2) is 36.3 Å². The molecule has 2 rings (SSSR count). The number of halogens is 3. The first-order valence-electron chi connectivity index (χ1n) is 6.52. The van der Waals surface area contributed by atoms with Crippen LogP contribution in [0.1, 0.15) is 19.4 Å². The van der Waals surface area contributed by atoms with Gasteiger partial charge in [0.25, 0.3) is 0 Å². The smallest absolute Gasteiger partial charge is 0.373 e. The number of pyridine rings is 1. The number of nitrogens with zero attached hydrogens (tertiary/aromatic N) is 1. The highest BCUT2D eigenvalue weighted by Crippen LogP contribution is 2.28. The van der Waals surface area contributed by atoms with Crippen LogP contribution in [0.2, 0.25) is 0 Å². The molecule has 0 bridgehead atoms. The van der Waals surface area contributed by atoms with Crippen LogP contribution in [-0.2, 0) is 10.9 Å². The van der Waals surface area contributed by atoms with Crippen LogP contribution in [0.25, 0.3) is 0 Å². The standard InChI is InChI=1S/C13H18F3N3O/c1-8-5-17-11(9(2)20-8)7-19-12-4-3-10(6-18-12)13(14,15)16/h3-4,6,8-9,11,17H,5,7H2,1-2H3,(H,18,19)/t8-,9+,11-/m1/s1. The monoisotopic (exact) mass is 289 g/mol. The fraction of sp³-hybridized carbons (Fsp3) is 0.615. The highest BCUT2D eigenvalue weighted by Gasteiger charge is 2.30. The number of anilines is 1. The van der Waals surface area contributed by atoms with Gasteiger partial charge in [-0.2, -0.15) is 13.2 Å². The molecule has 1 aromatic rings. The zero-order chi connectivity index (χ0) is 14.8. The summed E-state index contributed by atoms with van der Waals surface area (Å²) in [5.74, 6) is 0.422. The van der Waals surface area contributed by atoms with Gasteiger partial charge in [-0.15, -0.1) is 0 Å². The third-order valence-corrected chi connectivity index (χ3v) is 3.27. The van der Waals surface area contributed by atoms with Crippen molar-refractivity contribution < 1.29 is 17.9 Å². The molecule has 1 aliphatic rings. The lowest BCUT2D eigenvalue weighted by molar-refractivity contribution is -0.137. The van der Waals surface area contributed by atoms with Gasteiger partial charge >= 0.3 is 6.18 Å². The summed E-state index contributed by atoms with van der Waals surface area (Å²) in [5.41, 5.74) is -0.746. The molecule has 2 heterocycles. The minimum atomic E-state index is -4.35. The van der Waals surface area contributed by atoms with E-state index in [-0.39, 0.29) is 18.2 Å². The first-order chi connectivity index (χ1) is 9.36. The number of morpholine rings is 1. The predicted octanol–water partition coefficient (Wildman–Crippen LogP) is 2.28. The highest BCUT2D eigenvalue weighted by molar-refractivity contribution is 5.36. The van der Waals surface area contributed by atoms with E-state index in [9.17, 15) is 13.2 Å². The van der Waals surface area contributed by atoms with E-state index in [1.54, 1.807) is 0 Å². The van der Waals surface area contributed by atoms with Crippen LogP contribution < -0.4 is 10.6 Å². The van der Waals surface area contributed by atoms with Crippen molar-refractivity contribution in [2.75, 3.05) is 18.4 Å². The number of aromatic nitrogens is 1. The molecule has 0 aromatic carbocycles. The van der Waals surface area contributed by atoms with Crippen LogP contribution in [0.3, 0.4) is 0 Å². The van der Waals surface area contributed by atoms with E-state index in [1.807, 2.05) is 13.8 Å². The summed E-state index contributed by atoms with van der Waals surface area (Å²) >= 11 is 0. The number of hydrogen-bond donors (Lipinski definition) is 2. The quantitative estimate of drug-likeness (QED) is 0.896. The van der Waals surface area contributed by atoms with Gasteiger partial charge in [0.05, 0.1) is 23.8 Å². The van der Waals surface area contributed by atoms with Crippen molar-refractivity contribution in [1.82, 2.24) is 10.3 Å². The normalized spacial score (nSPS) is 27.4. The molecule has 0 spiro atoms. The van der Waals surface area contributed by atoms with Gasteiger partial charge in [0.2, 0.25) is 0 Å². The number of rotatable bonds is 3. The molecular formula is C13H18F3N3O. The molecule has 1 fully saturated rings. The minimum Gasteiger partial charge on any atom is -0.373 e. The van der Waals surface area contributed by atoms with E-state index in [1.165, 1.54) is 6.07 Å². The van der Waals surface area contributed by atoms with Crippen LogP contribution in [0.4, 0.5) is 19.0 Å². The zero-order valence-corrected chi connectivity index (χ0v) is 11.4. The number of ether oxygens (including phenoxy) is 1. The van der Waals surface area contributed by atoms with Gasteiger partial charge in [0.1, 0.15) is 5.82 Å². The first-order valence-corrected chi connectivity index (χ1v) is 6.52. The maximum absolute atomic E-state index is 12.4. The van der Waals surface area contributed by atoms with Crippen molar-refractivity contribution in [3.63, 3.8) is 0 Å². The lowest BCUT2D eigenvalue weighted by Gasteiger charge is -2.34. The molecular weight excluding hydrogens is 271 g/mol. The number of nitrogens with one attached hydrogen (secondary N) is 2. The molecule has 2 N–H and O–H groups in total. The second-order valence-corrected chi connectivity index (χ2v) is 4.98. The molecule has 20 heavy (non-hydrogen) atoms. The van der Waals surface area contributed by atoms with E-state index < -0.39 is 11.7 Å². The Bertz CT molecular complexity index is 435. The van der Waals surface area contributed by atoms with Gasteiger partial charge in [-0.3, -0.25) is 0 Å². The SMILES string of the molecule is C[C@@H]1CN[C@H](CNc2ccc(C(F)(F)F)cn2)[C@H](C)O1. The molecule has 112 valence electrons. The third kappa shape index (κ3) is 3.83. The second kappa shape index (κ2) is 5.97. The maximum Gasteiger partial charge on any atom is 0.417 e. The Balaban J connectivity index is 1.88. The van der Waals surface area contributed by atoms with E-state index in [0.29, 0.717) is 12.4 Å². The molecule has 1 aromatic heterocycles. The van der Waals surface area contributed by atoms with E-state index in [4.69, 9.17) is 4.74 Å². The number of alkyl halides is 3. The van der Waals surface area contributed by atoms with Crippen LogP contribution in [0.15, 0.2) is 18.3 Å². The molecule has 1 saturated heterocycles. The Morgan fingerprint density at radius 2 is 2.15 bits per heavy atom. The Morgan fingerprint density at radius 3 is 2.70 bits per heavy atom. The fourth-order valence-corrected chi connectivity index (χ4v) is 2.11. The third-order valence-electron chi connectivity index (χ3n) is 3.27. The lowest BCUT2D eigenvalue weighted by Crippen LogP contribution is -2.53. The summed E-state index contributed by atoms with van der Waals surface area (Å²) in [5, 5.41) is 6.35. The molecule has 0 aliphatic carbocycles. The van der Waals surface area contributed by atoms with Gasteiger partial charge in [-0.05, 0) is 26.0 Å². The van der Waals surface area contributed by atoms with Crippen molar-refractivity contribution in [1.29, 1.82) is 0 Å². The van der Waals surface area contributed by atoms with Gasteiger partial charge in [0.15, 0.2) is 0 Å². The van der Waals surface area contributed by atoms with E-state index >= 15 is 0 Å². The number of hydrogen-bond acceptors (Lipinski definition) is 4. The largest absolute Gasteiger partial charge is 0.417 e. The summed E-state index contributed by atoms with van der Waals surface area (Å²) in [7, 11) is 0. The Labute approximate surface area is 115 Å². The van der Waals surface area contributed by atoms with E-state index in [0.717, 1.165) is 18.8 Å². The van der Waals surface area contributed by atoms with Gasteiger partial charge in [-0.25, -0.2) is 4.98 Å². The Hall–Kier alpha value is -1.34.